The first-order valence-corrected chi connectivity index (χ1v) is 10.2. The summed E-state index contributed by atoms with van der Waals surface area (Å²) in [5.41, 5.74) is 6.66. The zero-order chi connectivity index (χ0) is 12.8. The van der Waals surface area contributed by atoms with Gasteiger partial charge in [0.2, 0.25) is 0 Å². The molecule has 0 aliphatic carbocycles. The zero-order valence-corrected chi connectivity index (χ0v) is 13.1. The molecule has 0 fully saturated rings. The van der Waals surface area contributed by atoms with Crippen molar-refractivity contribution in [3.8, 4) is 11.8 Å². The summed E-state index contributed by atoms with van der Waals surface area (Å²) in [5.74, 6) is 7.85. The summed E-state index contributed by atoms with van der Waals surface area (Å²) in [6.45, 7) is 11.4. The molecule has 0 aliphatic heterocycles. The first-order chi connectivity index (χ1) is 7.30. The van der Waals surface area contributed by atoms with Crippen LogP contribution in [0.3, 0.4) is 0 Å². The standard InChI is InChI=1S/C13H26ClNSi/c1-11(2)13(15)12(16(3,4)5)9-7-6-8-10-14/h11-13H,6,8,10,15H2,1-5H3/t12-,13-/m1/s1. The molecule has 0 spiro atoms. The maximum absolute atomic E-state index is 6.27. The van der Waals surface area contributed by atoms with Crippen molar-refractivity contribution in [2.75, 3.05) is 5.88 Å². The van der Waals surface area contributed by atoms with Crippen LogP contribution in [0.15, 0.2) is 0 Å². The molecule has 0 saturated heterocycles. The zero-order valence-electron chi connectivity index (χ0n) is 11.3. The number of hydrogen-bond acceptors (Lipinski definition) is 1. The fraction of sp³-hybridized carbons (Fsp3) is 0.846. The first-order valence-electron chi connectivity index (χ1n) is 6.10. The van der Waals surface area contributed by atoms with E-state index < -0.39 is 8.07 Å². The van der Waals surface area contributed by atoms with Gasteiger partial charge in [0.1, 0.15) is 0 Å². The molecule has 16 heavy (non-hydrogen) atoms. The van der Waals surface area contributed by atoms with Crippen molar-refractivity contribution in [3.63, 3.8) is 0 Å². The molecule has 0 aliphatic rings. The largest absolute Gasteiger partial charge is 0.327 e. The van der Waals surface area contributed by atoms with E-state index in [1.807, 2.05) is 0 Å². The number of halogens is 1. The Hall–Kier alpha value is 0.0269. The van der Waals surface area contributed by atoms with Crippen LogP contribution in [0.25, 0.3) is 0 Å². The Bertz CT molecular complexity index is 247. The summed E-state index contributed by atoms with van der Waals surface area (Å²) < 4.78 is 0. The molecular formula is C13H26ClNSi. The van der Waals surface area contributed by atoms with Crippen LogP contribution in [-0.4, -0.2) is 20.0 Å². The van der Waals surface area contributed by atoms with Gasteiger partial charge in [0.05, 0.1) is 8.07 Å². The van der Waals surface area contributed by atoms with Gasteiger partial charge in [-0.05, 0) is 12.3 Å². The first kappa shape index (κ1) is 16.0. The van der Waals surface area contributed by atoms with Gasteiger partial charge in [-0.3, -0.25) is 0 Å². The molecule has 0 aromatic rings. The summed E-state index contributed by atoms with van der Waals surface area (Å²) >= 11 is 5.64. The van der Waals surface area contributed by atoms with Gasteiger partial charge in [0, 0.05) is 23.9 Å². The molecule has 94 valence electrons. The van der Waals surface area contributed by atoms with E-state index in [4.69, 9.17) is 17.3 Å². The highest BCUT2D eigenvalue weighted by atomic mass is 35.5. The molecule has 0 saturated carbocycles. The topological polar surface area (TPSA) is 26.0 Å². The number of unbranched alkanes of at least 4 members (excludes halogenated alkanes) is 1. The van der Waals surface area contributed by atoms with Crippen molar-refractivity contribution in [1.29, 1.82) is 0 Å². The smallest absolute Gasteiger partial charge is 0.0632 e. The second-order valence-electron chi connectivity index (χ2n) is 5.78. The van der Waals surface area contributed by atoms with E-state index >= 15 is 0 Å². The molecular weight excluding hydrogens is 234 g/mol. The fourth-order valence-electron chi connectivity index (χ4n) is 1.61. The Morgan fingerprint density at radius 1 is 1.25 bits per heavy atom. The molecule has 0 radical (unpaired) electrons. The van der Waals surface area contributed by atoms with Crippen LogP contribution in [-0.2, 0) is 0 Å². The van der Waals surface area contributed by atoms with Crippen LogP contribution in [0.5, 0.6) is 0 Å². The Balaban J connectivity index is 4.61. The summed E-state index contributed by atoms with van der Waals surface area (Å²) in [5, 5.41) is 0. The van der Waals surface area contributed by atoms with Crippen molar-refractivity contribution < 1.29 is 0 Å². The van der Waals surface area contributed by atoms with Gasteiger partial charge in [-0.2, -0.15) is 0 Å². The third-order valence-electron chi connectivity index (χ3n) is 2.78. The average molecular weight is 260 g/mol. The third kappa shape index (κ3) is 5.93. The monoisotopic (exact) mass is 259 g/mol. The summed E-state index contributed by atoms with van der Waals surface area (Å²) in [6.07, 6.45) is 1.87. The Labute approximate surface area is 107 Å². The van der Waals surface area contributed by atoms with Crippen molar-refractivity contribution in [1.82, 2.24) is 0 Å². The molecule has 2 atom stereocenters. The molecule has 0 bridgehead atoms. The molecule has 0 aromatic carbocycles. The van der Waals surface area contributed by atoms with Crippen molar-refractivity contribution in [2.45, 2.75) is 57.9 Å². The minimum Gasteiger partial charge on any atom is -0.327 e. The Morgan fingerprint density at radius 3 is 2.19 bits per heavy atom. The SMILES string of the molecule is CC(C)[C@@H](N)[C@@H](C#CCCCCl)[Si](C)(C)C. The molecule has 0 amide bonds. The molecule has 0 heterocycles. The van der Waals surface area contributed by atoms with Gasteiger partial charge in [-0.1, -0.05) is 33.5 Å². The van der Waals surface area contributed by atoms with Crippen molar-refractivity contribution in [3.05, 3.63) is 0 Å². The lowest BCUT2D eigenvalue weighted by molar-refractivity contribution is 0.495. The predicted molar refractivity (Wildman–Crippen MR) is 77.6 cm³/mol. The second-order valence-corrected chi connectivity index (χ2v) is 11.5. The fourth-order valence-corrected chi connectivity index (χ4v) is 3.82. The van der Waals surface area contributed by atoms with Crippen LogP contribution in [0.2, 0.25) is 25.2 Å². The lowest BCUT2D eigenvalue weighted by atomic mass is 10.0. The maximum atomic E-state index is 6.27. The van der Waals surface area contributed by atoms with Gasteiger partial charge < -0.3 is 5.73 Å². The number of alkyl halides is 1. The summed E-state index contributed by atoms with van der Waals surface area (Å²) in [4.78, 5) is 0. The highest BCUT2D eigenvalue weighted by molar-refractivity contribution is 6.78. The van der Waals surface area contributed by atoms with Gasteiger partial charge in [0.15, 0.2) is 0 Å². The lowest BCUT2D eigenvalue weighted by Crippen LogP contribution is -2.43. The third-order valence-corrected chi connectivity index (χ3v) is 5.44. The minimum absolute atomic E-state index is 0.204. The second kappa shape index (κ2) is 7.37. The predicted octanol–water partition coefficient (Wildman–Crippen LogP) is 3.70. The summed E-state index contributed by atoms with van der Waals surface area (Å²) in [7, 11) is -1.30. The van der Waals surface area contributed by atoms with Gasteiger partial charge >= 0.3 is 0 Å². The quantitative estimate of drug-likeness (QED) is 0.347. The van der Waals surface area contributed by atoms with Crippen LogP contribution in [0.4, 0.5) is 0 Å². The van der Waals surface area contributed by atoms with E-state index in [-0.39, 0.29) is 6.04 Å². The van der Waals surface area contributed by atoms with E-state index in [0.29, 0.717) is 17.3 Å². The molecule has 0 rings (SSSR count). The normalized spacial score (nSPS) is 15.5. The van der Waals surface area contributed by atoms with E-state index in [2.05, 4.69) is 45.3 Å². The lowest BCUT2D eigenvalue weighted by Gasteiger charge is -2.32. The van der Waals surface area contributed by atoms with Crippen molar-refractivity contribution in [2.24, 2.45) is 11.7 Å². The number of nitrogens with two attached hydrogens (primary N) is 1. The van der Waals surface area contributed by atoms with Crippen LogP contribution in [0, 0.1) is 17.8 Å². The van der Waals surface area contributed by atoms with E-state index in [9.17, 15) is 0 Å². The highest BCUT2D eigenvalue weighted by Crippen LogP contribution is 2.27. The Kier molecular flexibility index (Phi) is 7.38. The molecule has 0 aromatic heterocycles. The van der Waals surface area contributed by atoms with E-state index in [1.54, 1.807) is 0 Å². The summed E-state index contributed by atoms with van der Waals surface area (Å²) in [6, 6.07) is 0.204. The number of rotatable bonds is 5. The van der Waals surface area contributed by atoms with Crippen molar-refractivity contribution >= 4 is 19.7 Å². The average Bonchev–Trinajstić information content (AvgIpc) is 2.14. The maximum Gasteiger partial charge on any atom is 0.0632 e. The van der Waals surface area contributed by atoms with Gasteiger partial charge in [0.25, 0.3) is 0 Å². The highest BCUT2D eigenvalue weighted by Gasteiger charge is 2.31. The molecule has 3 heteroatoms. The Morgan fingerprint density at radius 2 is 1.81 bits per heavy atom. The molecule has 1 nitrogen and oxygen atoms in total. The van der Waals surface area contributed by atoms with Crippen LogP contribution in [0.1, 0.15) is 26.7 Å². The van der Waals surface area contributed by atoms with Crippen LogP contribution >= 0.6 is 11.6 Å². The molecule has 0 unspecified atom stereocenters. The van der Waals surface area contributed by atoms with Crippen LogP contribution < -0.4 is 5.73 Å². The minimum atomic E-state index is -1.30. The van der Waals surface area contributed by atoms with E-state index in [1.165, 1.54) is 0 Å². The van der Waals surface area contributed by atoms with Gasteiger partial charge in [-0.15, -0.1) is 23.4 Å². The molecule has 2 N–H and O–H groups in total. The number of hydrogen-bond donors (Lipinski definition) is 1. The van der Waals surface area contributed by atoms with E-state index in [0.717, 1.165) is 12.8 Å². The van der Waals surface area contributed by atoms with Gasteiger partial charge in [-0.25, -0.2) is 0 Å².